The average molecular weight is 437 g/mol. The van der Waals surface area contributed by atoms with Crippen molar-refractivity contribution in [2.45, 2.75) is 0 Å². The Morgan fingerprint density at radius 3 is 2.25 bits per heavy atom. The number of rotatable bonds is 5. The smallest absolute Gasteiger partial charge is 0.273 e. The molecule has 0 atom stereocenters. The molecule has 32 heavy (non-hydrogen) atoms. The van der Waals surface area contributed by atoms with Gasteiger partial charge in [-0.15, -0.1) is 0 Å². The first-order valence-electron chi connectivity index (χ1n) is 9.50. The molecule has 4 rings (SSSR count). The summed E-state index contributed by atoms with van der Waals surface area (Å²) in [6, 6.07) is 8.95. The van der Waals surface area contributed by atoms with E-state index < -0.39 is 23.4 Å². The summed E-state index contributed by atoms with van der Waals surface area (Å²) in [5.74, 6) is -2.70. The Labute approximate surface area is 181 Å². The molecule has 0 spiro atoms. The fraction of sp³-hybridized carbons (Fsp3) is 0.0870. The second kappa shape index (κ2) is 8.10. The summed E-state index contributed by atoms with van der Waals surface area (Å²) in [7, 11) is 3.16. The Kier molecular flexibility index (Phi) is 5.31. The van der Waals surface area contributed by atoms with Gasteiger partial charge in [-0.3, -0.25) is 14.4 Å². The lowest BCUT2D eigenvalue weighted by atomic mass is 10.0. The fourth-order valence-electron chi connectivity index (χ4n) is 3.34. The van der Waals surface area contributed by atoms with Crippen LogP contribution in [0.3, 0.4) is 0 Å². The molecule has 1 aliphatic rings. The van der Waals surface area contributed by atoms with Crippen molar-refractivity contribution >= 4 is 23.2 Å². The third kappa shape index (κ3) is 3.76. The maximum absolute atomic E-state index is 14.2. The molecule has 3 aromatic rings. The van der Waals surface area contributed by atoms with Gasteiger partial charge in [-0.25, -0.2) is 13.7 Å². The van der Waals surface area contributed by atoms with Crippen molar-refractivity contribution < 1.29 is 23.1 Å². The number of halogens is 2. The summed E-state index contributed by atoms with van der Waals surface area (Å²) in [6.07, 6.45) is 3.86. The molecule has 162 valence electrons. The monoisotopic (exact) mass is 437 g/mol. The van der Waals surface area contributed by atoms with Gasteiger partial charge in [-0.1, -0.05) is 0 Å². The lowest BCUT2D eigenvalue weighted by Crippen LogP contribution is -2.29. The van der Waals surface area contributed by atoms with Crippen molar-refractivity contribution in [1.29, 1.82) is 0 Å². The van der Waals surface area contributed by atoms with Gasteiger partial charge in [0.1, 0.15) is 17.3 Å². The third-order valence-electron chi connectivity index (χ3n) is 4.91. The summed E-state index contributed by atoms with van der Waals surface area (Å²) in [5.41, 5.74) is 1.18. The Balaban J connectivity index is 1.88. The van der Waals surface area contributed by atoms with Crippen molar-refractivity contribution in [3.8, 4) is 22.6 Å². The summed E-state index contributed by atoms with van der Waals surface area (Å²) in [5, 5.41) is 2.81. The maximum Gasteiger partial charge on any atom is 0.273 e. The van der Waals surface area contributed by atoms with Gasteiger partial charge in [0.15, 0.2) is 11.6 Å². The molecule has 7 nitrogen and oxygen atoms in total. The number of carbonyl (C=O) groups excluding carboxylic acids is 2. The Morgan fingerprint density at radius 2 is 1.59 bits per heavy atom. The molecule has 0 radical (unpaired) electrons. The van der Waals surface area contributed by atoms with Gasteiger partial charge >= 0.3 is 0 Å². The van der Waals surface area contributed by atoms with E-state index in [0.717, 1.165) is 29.2 Å². The molecule has 0 unspecified atom stereocenters. The molecular formula is C23H17F2N3O4. The van der Waals surface area contributed by atoms with Crippen LogP contribution < -0.4 is 20.5 Å². The van der Waals surface area contributed by atoms with E-state index in [4.69, 9.17) is 4.74 Å². The minimum absolute atomic E-state index is 0.173. The Bertz CT molecular complexity index is 1330. The maximum atomic E-state index is 14.2. The number of anilines is 2. The minimum atomic E-state index is -0.898. The predicted molar refractivity (Wildman–Crippen MR) is 115 cm³/mol. The highest BCUT2D eigenvalue weighted by Gasteiger charge is 2.26. The number of imide groups is 1. The molecule has 2 heterocycles. The molecule has 9 heteroatoms. The van der Waals surface area contributed by atoms with E-state index in [1.807, 2.05) is 0 Å². The number of nitrogens with zero attached hydrogens (tertiary/aromatic N) is 2. The zero-order chi connectivity index (χ0) is 23.0. The standard InChI is InChI=1S/C23H17F2N3O4/c1-26-18-9-13(12-27(2)23(18)31)16-11-15(28-21(29)7-8-22(28)30)4-6-19(16)32-20-5-3-14(24)10-17(20)25/h3-12,26H,1-2H3. The topological polar surface area (TPSA) is 80.6 Å². The molecule has 1 aromatic heterocycles. The molecular weight excluding hydrogens is 420 g/mol. The lowest BCUT2D eigenvalue weighted by molar-refractivity contribution is -0.119. The van der Waals surface area contributed by atoms with Crippen LogP contribution in [0.15, 0.2) is 65.6 Å². The number of ether oxygens (including phenoxy) is 1. The second-order valence-electron chi connectivity index (χ2n) is 7.01. The van der Waals surface area contributed by atoms with E-state index in [2.05, 4.69) is 5.32 Å². The van der Waals surface area contributed by atoms with Crippen LogP contribution in [-0.4, -0.2) is 23.4 Å². The van der Waals surface area contributed by atoms with Crippen molar-refractivity contribution in [1.82, 2.24) is 4.57 Å². The number of hydrogen-bond acceptors (Lipinski definition) is 5. The van der Waals surface area contributed by atoms with Crippen LogP contribution in [-0.2, 0) is 16.6 Å². The highest BCUT2D eigenvalue weighted by Crippen LogP contribution is 2.38. The Morgan fingerprint density at radius 1 is 0.906 bits per heavy atom. The average Bonchev–Trinajstić information content (AvgIpc) is 3.10. The number of amides is 2. The van der Waals surface area contributed by atoms with Gasteiger partial charge in [-0.2, -0.15) is 0 Å². The van der Waals surface area contributed by atoms with E-state index in [1.54, 1.807) is 26.4 Å². The Hall–Kier alpha value is -4.27. The largest absolute Gasteiger partial charge is 0.454 e. The van der Waals surface area contributed by atoms with E-state index in [0.29, 0.717) is 22.9 Å². The first kappa shape index (κ1) is 21.0. The van der Waals surface area contributed by atoms with Gasteiger partial charge in [0.25, 0.3) is 17.4 Å². The molecule has 0 saturated carbocycles. The van der Waals surface area contributed by atoms with Crippen molar-refractivity contribution in [3.05, 3.63) is 82.8 Å². The van der Waals surface area contributed by atoms with Crippen LogP contribution in [0.2, 0.25) is 0 Å². The normalized spacial score (nSPS) is 13.1. The van der Waals surface area contributed by atoms with E-state index >= 15 is 0 Å². The van der Waals surface area contributed by atoms with Crippen LogP contribution in [0.4, 0.5) is 20.2 Å². The molecule has 0 saturated heterocycles. The third-order valence-corrected chi connectivity index (χ3v) is 4.91. The number of aryl methyl sites for hydroxylation is 1. The number of nitrogens with one attached hydrogen (secondary N) is 1. The zero-order valence-corrected chi connectivity index (χ0v) is 17.1. The number of pyridine rings is 1. The molecule has 2 aromatic carbocycles. The summed E-state index contributed by atoms with van der Waals surface area (Å²) in [6.45, 7) is 0. The SMILES string of the molecule is CNc1cc(-c2cc(N3C(=O)C=CC3=O)ccc2Oc2ccc(F)cc2F)cn(C)c1=O. The van der Waals surface area contributed by atoms with Gasteiger partial charge < -0.3 is 14.6 Å². The molecule has 0 bridgehead atoms. The lowest BCUT2D eigenvalue weighted by Gasteiger charge is -2.19. The molecule has 0 aliphatic carbocycles. The molecule has 2 amide bonds. The molecule has 1 aliphatic heterocycles. The van der Waals surface area contributed by atoms with Crippen LogP contribution in [0.25, 0.3) is 11.1 Å². The van der Waals surface area contributed by atoms with Crippen molar-refractivity contribution in [3.63, 3.8) is 0 Å². The number of benzene rings is 2. The van der Waals surface area contributed by atoms with Crippen LogP contribution >= 0.6 is 0 Å². The number of hydrogen-bond donors (Lipinski definition) is 1. The number of carbonyl (C=O) groups is 2. The van der Waals surface area contributed by atoms with Crippen molar-refractivity contribution in [2.75, 3.05) is 17.3 Å². The summed E-state index contributed by atoms with van der Waals surface area (Å²) < 4.78 is 34.6. The first-order valence-corrected chi connectivity index (χ1v) is 9.50. The van der Waals surface area contributed by atoms with Gasteiger partial charge in [-0.05, 0) is 36.4 Å². The van der Waals surface area contributed by atoms with E-state index in [-0.39, 0.29) is 22.7 Å². The van der Waals surface area contributed by atoms with Gasteiger partial charge in [0.05, 0.1) is 5.69 Å². The van der Waals surface area contributed by atoms with E-state index in [1.165, 1.54) is 22.8 Å². The highest BCUT2D eigenvalue weighted by atomic mass is 19.1. The first-order chi connectivity index (χ1) is 15.3. The highest BCUT2D eigenvalue weighted by molar-refractivity contribution is 6.28. The molecule has 0 fully saturated rings. The minimum Gasteiger partial charge on any atom is -0.454 e. The summed E-state index contributed by atoms with van der Waals surface area (Å²) >= 11 is 0. The van der Waals surface area contributed by atoms with Crippen LogP contribution in [0.1, 0.15) is 0 Å². The number of aromatic nitrogens is 1. The van der Waals surface area contributed by atoms with Crippen molar-refractivity contribution in [2.24, 2.45) is 7.05 Å². The predicted octanol–water partition coefficient (Wildman–Crippen LogP) is 3.59. The van der Waals surface area contributed by atoms with Crippen LogP contribution in [0.5, 0.6) is 11.5 Å². The quantitative estimate of drug-likeness (QED) is 0.617. The zero-order valence-electron chi connectivity index (χ0n) is 17.1. The fourth-order valence-corrected chi connectivity index (χ4v) is 3.34. The van der Waals surface area contributed by atoms with Crippen LogP contribution in [0, 0.1) is 11.6 Å². The second-order valence-corrected chi connectivity index (χ2v) is 7.01. The summed E-state index contributed by atoms with van der Waals surface area (Å²) in [4.78, 5) is 37.5. The molecule has 1 N–H and O–H groups in total. The van der Waals surface area contributed by atoms with E-state index in [9.17, 15) is 23.2 Å². The van der Waals surface area contributed by atoms with Gasteiger partial charge in [0, 0.05) is 49.6 Å². The van der Waals surface area contributed by atoms with Gasteiger partial charge in [0.2, 0.25) is 0 Å².